The molecule has 3 aliphatic heterocycles. The van der Waals surface area contributed by atoms with E-state index >= 15 is 0 Å². The fourth-order valence-corrected chi connectivity index (χ4v) is 9.14. The minimum absolute atomic E-state index is 0.144. The topological polar surface area (TPSA) is 143 Å². The minimum Gasteiger partial charge on any atom is -0.464 e. The van der Waals surface area contributed by atoms with Crippen molar-refractivity contribution < 1.29 is 28.6 Å². The first kappa shape index (κ1) is 42.6. The van der Waals surface area contributed by atoms with Crippen LogP contribution < -0.4 is 15.6 Å². The lowest BCUT2D eigenvalue weighted by Gasteiger charge is -2.35. The lowest BCUT2D eigenvalue weighted by atomic mass is 9.84. The first-order valence-corrected chi connectivity index (χ1v) is 21.7. The van der Waals surface area contributed by atoms with Crippen LogP contribution in [0.1, 0.15) is 83.7 Å². The molecule has 2 amide bonds. The number of piperazine rings is 1. The van der Waals surface area contributed by atoms with Crippen molar-refractivity contribution in [3.63, 3.8) is 0 Å². The monoisotopic (exact) mass is 828 g/mol. The first-order chi connectivity index (χ1) is 28.0. The number of anilines is 1. The SMILES string of the molecule is CCn1c(-c2cc(N3CCN(C)CC3)cnc2[C@H](C)OC)c2c3cc(ccc31)-c1csc(n1)C[C@H](NC(=O)OC(C)(C)C)C(=O)N1CCC[C@H](N1)C(=O)OCC(C)(C)C2. The van der Waals surface area contributed by atoms with Crippen molar-refractivity contribution in [3.05, 3.63) is 52.1 Å². The standard InChI is InChI=1S/C44H60N8O6S/c1-10-51-36-14-13-28-20-30(36)32(39(51)31-21-29(24-45-38(31)27(2)56-9)50-18-16-49(8)17-19-50)23-44(6,7)26-57-41(54)33-12-11-15-52(48-33)40(53)34(22-37-46-35(28)25-59-37)47-42(55)58-43(3,4)5/h13-14,20-21,24-25,27,33-34,48H,10-12,15-19,22-23,26H2,1-9H3,(H,47,55)/t27-,33-,34-/m0/s1. The van der Waals surface area contributed by atoms with E-state index in [0.29, 0.717) is 37.4 Å². The van der Waals surface area contributed by atoms with Gasteiger partial charge in [0, 0.05) is 85.6 Å². The van der Waals surface area contributed by atoms with E-state index < -0.39 is 35.2 Å². The number of amides is 2. The highest BCUT2D eigenvalue weighted by Crippen LogP contribution is 2.43. The van der Waals surface area contributed by atoms with E-state index in [1.54, 1.807) is 27.9 Å². The van der Waals surface area contributed by atoms with E-state index in [1.807, 2.05) is 18.5 Å². The number of hydrogen-bond acceptors (Lipinski definition) is 12. The number of carbonyl (C=O) groups is 3. The van der Waals surface area contributed by atoms with Crippen LogP contribution in [0, 0.1) is 5.41 Å². The van der Waals surface area contributed by atoms with Crippen LogP contribution in [0.3, 0.4) is 0 Å². The van der Waals surface area contributed by atoms with Crippen molar-refractivity contribution >= 4 is 45.9 Å². The molecule has 2 N–H and O–H groups in total. The summed E-state index contributed by atoms with van der Waals surface area (Å²) in [6, 6.07) is 7.05. The molecule has 0 aliphatic carbocycles. The maximum Gasteiger partial charge on any atom is 0.408 e. The molecule has 0 saturated carbocycles. The fraction of sp³-hybridized carbons (Fsp3) is 0.568. The zero-order valence-corrected chi connectivity index (χ0v) is 36.8. The van der Waals surface area contributed by atoms with Crippen LogP contribution in [0.15, 0.2) is 35.8 Å². The van der Waals surface area contributed by atoms with Crippen LogP contribution in [0.25, 0.3) is 33.4 Å². The van der Waals surface area contributed by atoms with Crippen molar-refractivity contribution in [2.24, 2.45) is 5.41 Å². The van der Waals surface area contributed by atoms with Crippen molar-refractivity contribution in [2.75, 3.05) is 58.4 Å². The molecule has 4 aromatic rings. The minimum atomic E-state index is -0.988. The first-order valence-electron chi connectivity index (χ1n) is 20.8. The Kier molecular flexibility index (Phi) is 12.4. The maximum atomic E-state index is 14.1. The van der Waals surface area contributed by atoms with Gasteiger partial charge in [0.1, 0.15) is 17.7 Å². The smallest absolute Gasteiger partial charge is 0.408 e. The number of methoxy groups -OCH3 is 1. The van der Waals surface area contributed by atoms with Crippen LogP contribution in [-0.4, -0.2) is 114 Å². The molecule has 6 heterocycles. The largest absolute Gasteiger partial charge is 0.464 e. The van der Waals surface area contributed by atoms with E-state index in [4.69, 9.17) is 24.2 Å². The number of carbonyl (C=O) groups excluding carboxylic acids is 3. The van der Waals surface area contributed by atoms with Gasteiger partial charge in [0.25, 0.3) is 5.91 Å². The molecule has 0 unspecified atom stereocenters. The summed E-state index contributed by atoms with van der Waals surface area (Å²) in [5.74, 6) is -0.795. The average molecular weight is 829 g/mol. The number of rotatable bonds is 6. The third kappa shape index (κ3) is 9.43. The Morgan fingerprint density at radius 3 is 2.61 bits per heavy atom. The van der Waals surface area contributed by atoms with Gasteiger partial charge in [-0.3, -0.25) is 19.6 Å². The fourth-order valence-electron chi connectivity index (χ4n) is 8.29. The van der Waals surface area contributed by atoms with Gasteiger partial charge in [0.2, 0.25) is 0 Å². The summed E-state index contributed by atoms with van der Waals surface area (Å²) in [7, 11) is 3.88. The highest BCUT2D eigenvalue weighted by molar-refractivity contribution is 7.10. The molecule has 3 atom stereocenters. The molecule has 318 valence electrons. The number of pyridine rings is 1. The number of hydrogen-bond donors (Lipinski definition) is 2. The van der Waals surface area contributed by atoms with E-state index in [1.165, 1.54) is 16.3 Å². The van der Waals surface area contributed by atoms with Gasteiger partial charge in [-0.15, -0.1) is 11.3 Å². The zero-order valence-electron chi connectivity index (χ0n) is 36.0. The second kappa shape index (κ2) is 17.2. The van der Waals surface area contributed by atoms with Gasteiger partial charge in [0.15, 0.2) is 0 Å². The Labute approximate surface area is 351 Å². The summed E-state index contributed by atoms with van der Waals surface area (Å²) < 4.78 is 20.0. The number of nitrogens with zero attached hydrogens (tertiary/aromatic N) is 6. The molecule has 14 nitrogen and oxygen atoms in total. The second-order valence-corrected chi connectivity index (χ2v) is 18.8. The van der Waals surface area contributed by atoms with Crippen LogP contribution in [-0.2, 0) is 43.2 Å². The zero-order chi connectivity index (χ0) is 42.2. The summed E-state index contributed by atoms with van der Waals surface area (Å²) in [4.78, 5) is 55.9. The molecule has 59 heavy (non-hydrogen) atoms. The number of benzene rings is 1. The lowest BCUT2D eigenvalue weighted by molar-refractivity contribution is -0.155. The molecular formula is C44H60N8O6S. The summed E-state index contributed by atoms with van der Waals surface area (Å²) in [6.07, 6.45) is 2.87. The van der Waals surface area contributed by atoms with Crippen molar-refractivity contribution in [1.82, 2.24) is 35.2 Å². The predicted octanol–water partition coefficient (Wildman–Crippen LogP) is 6.36. The Bertz CT molecular complexity index is 2180. The predicted molar refractivity (Wildman–Crippen MR) is 230 cm³/mol. The van der Waals surface area contributed by atoms with Gasteiger partial charge in [-0.25, -0.2) is 15.2 Å². The second-order valence-electron chi connectivity index (χ2n) is 17.9. The van der Waals surface area contributed by atoms with Crippen molar-refractivity contribution in [3.8, 4) is 22.5 Å². The van der Waals surface area contributed by atoms with Crippen LogP contribution in [0.5, 0.6) is 0 Å². The number of nitrogens with one attached hydrogen (secondary N) is 2. The summed E-state index contributed by atoms with van der Waals surface area (Å²) in [5.41, 5.74) is 9.86. The summed E-state index contributed by atoms with van der Waals surface area (Å²) in [5, 5.41) is 8.00. The van der Waals surface area contributed by atoms with E-state index in [9.17, 15) is 14.4 Å². The molecule has 1 aromatic carbocycles. The highest BCUT2D eigenvalue weighted by Gasteiger charge is 2.36. The number of ether oxygens (including phenoxy) is 3. The number of fused-ring (bicyclic) bond motifs is 6. The molecule has 2 saturated heterocycles. The Morgan fingerprint density at radius 1 is 1.14 bits per heavy atom. The number of esters is 1. The number of hydrazine groups is 1. The normalized spacial score (nSPS) is 21.2. The molecule has 3 aromatic heterocycles. The lowest BCUT2D eigenvalue weighted by Crippen LogP contribution is -2.60. The number of thiazole rings is 1. The van der Waals surface area contributed by atoms with Crippen molar-refractivity contribution in [1.29, 1.82) is 0 Å². The quantitative estimate of drug-likeness (QED) is 0.210. The van der Waals surface area contributed by atoms with Crippen molar-refractivity contribution in [2.45, 2.75) is 104 Å². The highest BCUT2D eigenvalue weighted by atomic mass is 32.1. The van der Waals surface area contributed by atoms with Gasteiger partial charge >= 0.3 is 12.1 Å². The van der Waals surface area contributed by atoms with Crippen LogP contribution in [0.2, 0.25) is 0 Å². The van der Waals surface area contributed by atoms with E-state index in [0.717, 1.165) is 76.5 Å². The summed E-state index contributed by atoms with van der Waals surface area (Å²) in [6.45, 7) is 18.8. The molecular weight excluding hydrogens is 769 g/mol. The molecule has 2 fully saturated rings. The average Bonchev–Trinajstić information content (AvgIpc) is 3.79. The third-order valence-electron chi connectivity index (χ3n) is 11.5. The van der Waals surface area contributed by atoms with E-state index in [2.05, 4.69) is 77.2 Å². The molecule has 15 heteroatoms. The maximum absolute atomic E-state index is 14.1. The Balaban J connectivity index is 1.37. The van der Waals surface area contributed by atoms with Crippen LogP contribution in [0.4, 0.5) is 10.5 Å². The number of alkyl carbamates (subject to hydrolysis) is 1. The number of cyclic esters (lactones) is 1. The molecule has 0 radical (unpaired) electrons. The summed E-state index contributed by atoms with van der Waals surface area (Å²) >= 11 is 1.44. The van der Waals surface area contributed by atoms with Gasteiger partial charge < -0.3 is 33.9 Å². The molecule has 6 bridgehead atoms. The molecule has 0 spiro atoms. The Hall–Kier alpha value is -4.57. The number of likely N-dealkylation sites (N-methyl/N-ethyl adjacent to an activating group) is 1. The molecule has 3 aliphatic rings. The van der Waals surface area contributed by atoms with Gasteiger partial charge in [-0.05, 0) is 84.7 Å². The molecule has 7 rings (SSSR count). The Morgan fingerprint density at radius 2 is 1.90 bits per heavy atom. The van der Waals surface area contributed by atoms with Crippen LogP contribution >= 0.6 is 11.3 Å². The van der Waals surface area contributed by atoms with Gasteiger partial charge in [-0.1, -0.05) is 19.9 Å². The number of aryl methyl sites for hydroxylation is 1. The van der Waals surface area contributed by atoms with Gasteiger partial charge in [0.05, 0.1) is 46.7 Å². The van der Waals surface area contributed by atoms with E-state index in [-0.39, 0.29) is 25.0 Å². The third-order valence-corrected chi connectivity index (χ3v) is 12.3. The van der Waals surface area contributed by atoms with Gasteiger partial charge in [-0.2, -0.15) is 0 Å². The number of aromatic nitrogens is 3.